The van der Waals surface area contributed by atoms with Crippen molar-refractivity contribution < 1.29 is 13.2 Å². The maximum absolute atomic E-state index is 12.6. The van der Waals surface area contributed by atoms with Crippen molar-refractivity contribution in [2.45, 2.75) is 43.3 Å². The van der Waals surface area contributed by atoms with Crippen LogP contribution in [0.4, 0.5) is 18.9 Å². The zero-order chi connectivity index (χ0) is 14.0. The summed E-state index contributed by atoms with van der Waals surface area (Å²) >= 11 is 9.41. The minimum absolute atomic E-state index is 0.0305. The number of benzene rings is 1. The zero-order valence-electron chi connectivity index (χ0n) is 10.1. The van der Waals surface area contributed by atoms with Gasteiger partial charge in [-0.25, -0.2) is 0 Å². The van der Waals surface area contributed by atoms with Crippen LogP contribution in [0.25, 0.3) is 0 Å². The van der Waals surface area contributed by atoms with E-state index in [1.807, 2.05) is 0 Å². The van der Waals surface area contributed by atoms with Gasteiger partial charge < -0.3 is 5.32 Å². The number of anilines is 1. The highest BCUT2D eigenvalue weighted by Crippen LogP contribution is 2.35. The van der Waals surface area contributed by atoms with Crippen LogP contribution in [0.5, 0.6) is 0 Å². The fourth-order valence-electron chi connectivity index (χ4n) is 2.26. The lowest BCUT2D eigenvalue weighted by Gasteiger charge is -2.29. The fraction of sp³-hybridized carbons (Fsp3) is 0.538. The molecule has 1 aliphatic carbocycles. The summed E-state index contributed by atoms with van der Waals surface area (Å²) in [5, 5.41) is 3.26. The number of halogens is 5. The Hall–Kier alpha value is -0.420. The molecular formula is C13H14BrClF3N. The van der Waals surface area contributed by atoms with Gasteiger partial charge in [0.15, 0.2) is 0 Å². The zero-order valence-corrected chi connectivity index (χ0v) is 12.4. The Bertz CT molecular complexity index is 450. The molecule has 1 N–H and O–H groups in total. The third-order valence-electron chi connectivity index (χ3n) is 3.32. The molecule has 0 saturated heterocycles. The third kappa shape index (κ3) is 3.78. The Labute approximate surface area is 123 Å². The Kier molecular flexibility index (Phi) is 4.66. The quantitative estimate of drug-likeness (QED) is 0.697. The highest BCUT2D eigenvalue weighted by molar-refractivity contribution is 9.10. The molecule has 1 aromatic carbocycles. The van der Waals surface area contributed by atoms with E-state index >= 15 is 0 Å². The van der Waals surface area contributed by atoms with Gasteiger partial charge in [0.05, 0.1) is 10.9 Å². The molecular weight excluding hydrogens is 343 g/mol. The molecule has 1 aromatic rings. The number of alkyl halides is 4. The van der Waals surface area contributed by atoms with Crippen molar-refractivity contribution in [2.75, 3.05) is 5.32 Å². The van der Waals surface area contributed by atoms with Gasteiger partial charge in [-0.15, -0.1) is 11.6 Å². The highest BCUT2D eigenvalue weighted by atomic mass is 79.9. The van der Waals surface area contributed by atoms with Crippen molar-refractivity contribution in [2.24, 2.45) is 0 Å². The first-order valence-electron chi connectivity index (χ1n) is 6.15. The Morgan fingerprint density at radius 2 is 1.89 bits per heavy atom. The highest BCUT2D eigenvalue weighted by Gasteiger charge is 2.31. The number of nitrogens with one attached hydrogen (secondary N) is 1. The van der Waals surface area contributed by atoms with Gasteiger partial charge in [0.2, 0.25) is 0 Å². The van der Waals surface area contributed by atoms with Gasteiger partial charge >= 0.3 is 6.18 Å². The summed E-state index contributed by atoms with van der Waals surface area (Å²) in [6, 6.07) is 3.74. The molecule has 0 bridgehead atoms. The van der Waals surface area contributed by atoms with Gasteiger partial charge in [-0.05, 0) is 47.0 Å². The molecule has 0 spiro atoms. The second-order valence-electron chi connectivity index (χ2n) is 4.74. The largest absolute Gasteiger partial charge is 0.416 e. The molecule has 1 aliphatic rings. The van der Waals surface area contributed by atoms with Gasteiger partial charge in [0, 0.05) is 16.2 Å². The lowest BCUT2D eigenvalue weighted by Crippen LogP contribution is -2.32. The van der Waals surface area contributed by atoms with Crippen molar-refractivity contribution in [3.63, 3.8) is 0 Å². The Balaban J connectivity index is 2.13. The summed E-state index contributed by atoms with van der Waals surface area (Å²) in [7, 11) is 0. The van der Waals surface area contributed by atoms with Crippen molar-refractivity contribution in [3.8, 4) is 0 Å². The van der Waals surface area contributed by atoms with E-state index in [2.05, 4.69) is 21.2 Å². The molecule has 0 heterocycles. The normalized spacial score (nSPS) is 24.3. The Morgan fingerprint density at radius 3 is 2.47 bits per heavy atom. The maximum atomic E-state index is 12.6. The second kappa shape index (κ2) is 5.92. The van der Waals surface area contributed by atoms with Crippen molar-refractivity contribution >= 4 is 33.2 Å². The molecule has 1 nitrogen and oxygen atoms in total. The van der Waals surface area contributed by atoms with E-state index in [1.165, 1.54) is 6.07 Å². The first kappa shape index (κ1) is 15.0. The van der Waals surface area contributed by atoms with E-state index in [-0.39, 0.29) is 11.4 Å². The number of rotatable bonds is 2. The molecule has 2 rings (SSSR count). The SMILES string of the molecule is FC(F)(F)c1ccc(NC2CCCCC2Cl)c(Br)c1. The predicted octanol–water partition coefficient (Wildman–Crippen LogP) is 5.43. The van der Waals surface area contributed by atoms with Crippen LogP contribution >= 0.6 is 27.5 Å². The van der Waals surface area contributed by atoms with E-state index in [4.69, 9.17) is 11.6 Å². The summed E-state index contributed by atoms with van der Waals surface area (Å²) in [6.07, 6.45) is -0.223. The lowest BCUT2D eigenvalue weighted by molar-refractivity contribution is -0.137. The van der Waals surface area contributed by atoms with Gasteiger partial charge in [0.25, 0.3) is 0 Å². The molecule has 0 aliphatic heterocycles. The average Bonchev–Trinajstić information content (AvgIpc) is 2.33. The van der Waals surface area contributed by atoms with Gasteiger partial charge in [-0.2, -0.15) is 13.2 Å². The van der Waals surface area contributed by atoms with E-state index in [1.54, 1.807) is 0 Å². The third-order valence-corrected chi connectivity index (χ3v) is 4.50. The predicted molar refractivity (Wildman–Crippen MR) is 74.7 cm³/mol. The minimum Gasteiger partial charge on any atom is -0.380 e. The van der Waals surface area contributed by atoms with Crippen LogP contribution in [0.3, 0.4) is 0 Å². The van der Waals surface area contributed by atoms with Crippen LogP contribution in [0.1, 0.15) is 31.2 Å². The first-order valence-corrected chi connectivity index (χ1v) is 7.38. The molecule has 0 aromatic heterocycles. The minimum atomic E-state index is -4.32. The summed E-state index contributed by atoms with van der Waals surface area (Å²) in [5.74, 6) is 0. The summed E-state index contributed by atoms with van der Waals surface area (Å²) in [5.41, 5.74) is 0.00143. The van der Waals surface area contributed by atoms with E-state index in [0.29, 0.717) is 10.2 Å². The van der Waals surface area contributed by atoms with E-state index in [0.717, 1.165) is 37.8 Å². The van der Waals surface area contributed by atoms with Gasteiger partial charge in [-0.1, -0.05) is 12.8 Å². The molecule has 19 heavy (non-hydrogen) atoms. The lowest BCUT2D eigenvalue weighted by atomic mass is 9.94. The van der Waals surface area contributed by atoms with Crippen LogP contribution in [0.15, 0.2) is 22.7 Å². The topological polar surface area (TPSA) is 12.0 Å². The Morgan fingerprint density at radius 1 is 1.21 bits per heavy atom. The average molecular weight is 357 g/mol. The summed E-state index contributed by atoms with van der Waals surface area (Å²) in [6.45, 7) is 0. The molecule has 6 heteroatoms. The summed E-state index contributed by atoms with van der Waals surface area (Å²) in [4.78, 5) is 0. The maximum Gasteiger partial charge on any atom is 0.416 e. The van der Waals surface area contributed by atoms with Crippen LogP contribution in [0.2, 0.25) is 0 Å². The smallest absolute Gasteiger partial charge is 0.380 e. The summed E-state index contributed by atoms with van der Waals surface area (Å²) < 4.78 is 38.1. The molecule has 0 amide bonds. The fourth-order valence-corrected chi connectivity index (χ4v) is 3.09. The molecule has 2 atom stereocenters. The van der Waals surface area contributed by atoms with Gasteiger partial charge in [0.1, 0.15) is 0 Å². The van der Waals surface area contributed by atoms with Crippen LogP contribution < -0.4 is 5.32 Å². The van der Waals surface area contributed by atoms with Crippen LogP contribution in [0, 0.1) is 0 Å². The molecule has 0 radical (unpaired) electrons. The molecule has 2 unspecified atom stereocenters. The van der Waals surface area contributed by atoms with Crippen LogP contribution in [-0.2, 0) is 6.18 Å². The standard InChI is InChI=1S/C13H14BrClF3N/c14-9-7-8(13(16,17)18)5-6-11(9)19-12-4-2-1-3-10(12)15/h5-7,10,12,19H,1-4H2. The first-order chi connectivity index (χ1) is 8.88. The molecule has 106 valence electrons. The van der Waals surface area contributed by atoms with Crippen molar-refractivity contribution in [1.29, 1.82) is 0 Å². The molecule has 1 fully saturated rings. The van der Waals surface area contributed by atoms with E-state index < -0.39 is 11.7 Å². The van der Waals surface area contributed by atoms with Crippen LogP contribution in [-0.4, -0.2) is 11.4 Å². The van der Waals surface area contributed by atoms with Crippen molar-refractivity contribution in [3.05, 3.63) is 28.2 Å². The number of hydrogen-bond acceptors (Lipinski definition) is 1. The van der Waals surface area contributed by atoms with Crippen molar-refractivity contribution in [1.82, 2.24) is 0 Å². The molecule has 1 saturated carbocycles. The second-order valence-corrected chi connectivity index (χ2v) is 6.16. The van der Waals surface area contributed by atoms with E-state index in [9.17, 15) is 13.2 Å². The van der Waals surface area contributed by atoms with Gasteiger partial charge in [-0.3, -0.25) is 0 Å². The monoisotopic (exact) mass is 355 g/mol. The number of hydrogen-bond donors (Lipinski definition) is 1.